The van der Waals surface area contributed by atoms with Crippen molar-refractivity contribution in [2.45, 2.75) is 45.1 Å². The number of hydrogen-bond donors (Lipinski definition) is 0. The second-order valence-corrected chi connectivity index (χ2v) is 6.93. The molecule has 3 rings (SSSR count). The van der Waals surface area contributed by atoms with E-state index in [1.165, 1.54) is 38.5 Å². The van der Waals surface area contributed by atoms with Gasteiger partial charge in [-0.3, -0.25) is 4.79 Å². The summed E-state index contributed by atoms with van der Waals surface area (Å²) in [4.78, 5) is 12.0. The van der Waals surface area contributed by atoms with Crippen LogP contribution in [0.25, 0.3) is 10.9 Å². The first-order chi connectivity index (χ1) is 10.2. The van der Waals surface area contributed by atoms with Crippen LogP contribution in [0.15, 0.2) is 41.3 Å². The van der Waals surface area contributed by atoms with Crippen molar-refractivity contribution in [3.63, 3.8) is 0 Å². The van der Waals surface area contributed by atoms with Gasteiger partial charge in [-0.15, -0.1) is 0 Å². The van der Waals surface area contributed by atoms with Gasteiger partial charge in [0, 0.05) is 29.5 Å². The molecular formula is C18H22BrNO. The van der Waals surface area contributed by atoms with Gasteiger partial charge in [0.25, 0.3) is 0 Å². The Hall–Kier alpha value is -1.09. The van der Waals surface area contributed by atoms with Crippen LogP contribution in [0.4, 0.5) is 0 Å². The summed E-state index contributed by atoms with van der Waals surface area (Å²) in [5.41, 5.74) is 1.51. The standard InChI is InChI=1S/C18H22BrNO/c19-13-18(10-5-1-2-6-11-18)14-20-12-9-17(21)15-7-3-4-8-16(15)20/h3-4,7-9,12H,1-2,5-6,10-11,13-14H2. The molecule has 1 heterocycles. The number of benzene rings is 1. The van der Waals surface area contributed by atoms with Gasteiger partial charge in [0.05, 0.1) is 5.52 Å². The molecule has 0 spiro atoms. The molecule has 1 aliphatic rings. The number of nitrogens with zero attached hydrogens (tertiary/aromatic N) is 1. The summed E-state index contributed by atoms with van der Waals surface area (Å²) in [6.45, 7) is 0.999. The molecule has 2 nitrogen and oxygen atoms in total. The number of para-hydroxylation sites is 1. The highest BCUT2D eigenvalue weighted by Gasteiger charge is 2.30. The van der Waals surface area contributed by atoms with Crippen molar-refractivity contribution in [3.8, 4) is 0 Å². The fourth-order valence-electron chi connectivity index (χ4n) is 3.57. The summed E-state index contributed by atoms with van der Waals surface area (Å²) in [5, 5.41) is 1.87. The maximum absolute atomic E-state index is 12.0. The van der Waals surface area contributed by atoms with E-state index in [1.54, 1.807) is 6.07 Å². The Balaban J connectivity index is 2.00. The van der Waals surface area contributed by atoms with Gasteiger partial charge in [-0.1, -0.05) is 53.7 Å². The number of hydrogen-bond acceptors (Lipinski definition) is 1. The number of halogens is 1. The van der Waals surface area contributed by atoms with Crippen molar-refractivity contribution in [2.75, 3.05) is 5.33 Å². The Labute approximate surface area is 134 Å². The van der Waals surface area contributed by atoms with Gasteiger partial charge in [-0.05, 0) is 30.4 Å². The van der Waals surface area contributed by atoms with E-state index in [0.717, 1.165) is 22.8 Å². The van der Waals surface area contributed by atoms with Crippen LogP contribution in [-0.4, -0.2) is 9.90 Å². The molecule has 0 N–H and O–H groups in total. The maximum atomic E-state index is 12.0. The van der Waals surface area contributed by atoms with Crippen LogP contribution < -0.4 is 5.43 Å². The van der Waals surface area contributed by atoms with Crippen LogP contribution in [0.5, 0.6) is 0 Å². The number of fused-ring (bicyclic) bond motifs is 1. The van der Waals surface area contributed by atoms with Crippen LogP contribution in [0.2, 0.25) is 0 Å². The fourth-order valence-corrected chi connectivity index (χ4v) is 4.31. The zero-order valence-electron chi connectivity index (χ0n) is 12.4. The summed E-state index contributed by atoms with van der Waals surface area (Å²) in [5.74, 6) is 0. The number of pyridine rings is 1. The van der Waals surface area contributed by atoms with E-state index in [1.807, 2.05) is 24.4 Å². The largest absolute Gasteiger partial charge is 0.347 e. The van der Waals surface area contributed by atoms with Gasteiger partial charge in [-0.25, -0.2) is 0 Å². The smallest absolute Gasteiger partial charge is 0.189 e. The monoisotopic (exact) mass is 347 g/mol. The molecule has 1 aliphatic carbocycles. The van der Waals surface area contributed by atoms with Gasteiger partial charge < -0.3 is 4.57 Å². The molecule has 0 amide bonds. The van der Waals surface area contributed by atoms with E-state index in [2.05, 4.69) is 26.6 Å². The van der Waals surface area contributed by atoms with E-state index < -0.39 is 0 Å². The Morgan fingerprint density at radius 3 is 2.48 bits per heavy atom. The summed E-state index contributed by atoms with van der Waals surface area (Å²) >= 11 is 3.76. The molecule has 0 aliphatic heterocycles. The van der Waals surface area contributed by atoms with E-state index in [9.17, 15) is 4.79 Å². The van der Waals surface area contributed by atoms with Crippen molar-refractivity contribution >= 4 is 26.8 Å². The summed E-state index contributed by atoms with van der Waals surface area (Å²) in [6.07, 6.45) is 9.89. The molecule has 0 unspecified atom stereocenters. The lowest BCUT2D eigenvalue weighted by Gasteiger charge is -2.32. The second kappa shape index (κ2) is 6.35. The molecule has 3 heteroatoms. The molecule has 1 saturated carbocycles. The van der Waals surface area contributed by atoms with Gasteiger partial charge in [0.1, 0.15) is 0 Å². The summed E-state index contributed by atoms with van der Waals surface area (Å²) in [6, 6.07) is 9.67. The topological polar surface area (TPSA) is 22.0 Å². The van der Waals surface area contributed by atoms with Crippen molar-refractivity contribution < 1.29 is 0 Å². The molecule has 1 aromatic heterocycles. The zero-order valence-corrected chi connectivity index (χ0v) is 13.9. The second-order valence-electron chi connectivity index (χ2n) is 6.37. The normalized spacial score (nSPS) is 18.5. The highest BCUT2D eigenvalue weighted by Crippen LogP contribution is 2.38. The summed E-state index contributed by atoms with van der Waals surface area (Å²) in [7, 11) is 0. The molecule has 0 bridgehead atoms. The Kier molecular flexibility index (Phi) is 4.48. The maximum Gasteiger partial charge on any atom is 0.189 e. The first-order valence-electron chi connectivity index (χ1n) is 7.88. The minimum atomic E-state index is 0.121. The van der Waals surface area contributed by atoms with E-state index in [4.69, 9.17) is 0 Å². The fraction of sp³-hybridized carbons (Fsp3) is 0.500. The summed E-state index contributed by atoms with van der Waals surface area (Å²) < 4.78 is 2.28. The van der Waals surface area contributed by atoms with Crippen molar-refractivity contribution in [3.05, 3.63) is 46.8 Å². The zero-order chi connectivity index (χ0) is 14.7. The van der Waals surface area contributed by atoms with Crippen LogP contribution in [0.3, 0.4) is 0 Å². The van der Waals surface area contributed by atoms with Crippen LogP contribution in [-0.2, 0) is 6.54 Å². The Bertz CT molecular complexity index is 668. The molecule has 2 aromatic rings. The van der Waals surface area contributed by atoms with Gasteiger partial charge in [0.2, 0.25) is 0 Å². The predicted molar refractivity (Wildman–Crippen MR) is 92.1 cm³/mol. The van der Waals surface area contributed by atoms with Crippen LogP contribution in [0.1, 0.15) is 38.5 Å². The number of rotatable bonds is 3. The molecule has 112 valence electrons. The SMILES string of the molecule is O=c1ccn(CC2(CBr)CCCCCC2)c2ccccc12. The third kappa shape index (κ3) is 3.08. The van der Waals surface area contributed by atoms with Gasteiger partial charge >= 0.3 is 0 Å². The average Bonchev–Trinajstić information content (AvgIpc) is 2.77. The molecule has 1 fully saturated rings. The predicted octanol–water partition coefficient (Wildman–Crippen LogP) is 4.74. The highest BCUT2D eigenvalue weighted by molar-refractivity contribution is 9.09. The number of aromatic nitrogens is 1. The van der Waals surface area contributed by atoms with E-state index in [-0.39, 0.29) is 5.43 Å². The van der Waals surface area contributed by atoms with Crippen molar-refractivity contribution in [1.82, 2.24) is 4.57 Å². The third-order valence-corrected chi connectivity index (χ3v) is 6.03. The lowest BCUT2D eigenvalue weighted by molar-refractivity contribution is 0.245. The molecule has 0 saturated heterocycles. The van der Waals surface area contributed by atoms with E-state index >= 15 is 0 Å². The van der Waals surface area contributed by atoms with Crippen LogP contribution in [0, 0.1) is 5.41 Å². The Morgan fingerprint density at radius 1 is 1.05 bits per heavy atom. The first kappa shape index (κ1) is 14.8. The van der Waals surface area contributed by atoms with Crippen molar-refractivity contribution in [1.29, 1.82) is 0 Å². The molecule has 0 radical (unpaired) electrons. The van der Waals surface area contributed by atoms with Gasteiger partial charge in [0.15, 0.2) is 5.43 Å². The number of alkyl halides is 1. The highest BCUT2D eigenvalue weighted by atomic mass is 79.9. The lowest BCUT2D eigenvalue weighted by atomic mass is 9.82. The quantitative estimate of drug-likeness (QED) is 0.580. The molecule has 21 heavy (non-hydrogen) atoms. The first-order valence-corrected chi connectivity index (χ1v) is 9.00. The average molecular weight is 348 g/mol. The van der Waals surface area contributed by atoms with E-state index in [0.29, 0.717) is 5.41 Å². The lowest BCUT2D eigenvalue weighted by Crippen LogP contribution is -2.29. The molecular weight excluding hydrogens is 326 g/mol. The van der Waals surface area contributed by atoms with Gasteiger partial charge in [-0.2, -0.15) is 0 Å². The van der Waals surface area contributed by atoms with Crippen LogP contribution >= 0.6 is 15.9 Å². The van der Waals surface area contributed by atoms with Crippen molar-refractivity contribution in [2.24, 2.45) is 5.41 Å². The minimum absolute atomic E-state index is 0.121. The molecule has 1 aromatic carbocycles. The molecule has 0 atom stereocenters. The Morgan fingerprint density at radius 2 is 1.76 bits per heavy atom. The minimum Gasteiger partial charge on any atom is -0.347 e. The third-order valence-electron chi connectivity index (χ3n) is 4.84.